The first kappa shape index (κ1) is 14.4. The van der Waals surface area contributed by atoms with Crippen LogP contribution in [0.2, 0.25) is 0 Å². The van der Waals surface area contributed by atoms with Crippen LogP contribution in [0.25, 0.3) is 0 Å². The molecule has 1 aromatic rings. The Labute approximate surface area is 118 Å². The minimum Gasteiger partial charge on any atom is -0.481 e. The van der Waals surface area contributed by atoms with Crippen molar-refractivity contribution in [3.8, 4) is 0 Å². The molecule has 20 heavy (non-hydrogen) atoms. The van der Waals surface area contributed by atoms with Gasteiger partial charge in [-0.2, -0.15) is 0 Å². The topological polar surface area (TPSA) is 69.6 Å². The number of hydrogen-bond acceptors (Lipinski definition) is 2. The normalized spacial score (nSPS) is 15.2. The Kier molecular flexibility index (Phi) is 3.97. The fourth-order valence-corrected chi connectivity index (χ4v) is 2.22. The quantitative estimate of drug-likeness (QED) is 0.891. The molecule has 2 rings (SSSR count). The molecule has 0 unspecified atom stereocenters. The number of nitrogens with zero attached hydrogens (tertiary/aromatic N) is 1. The summed E-state index contributed by atoms with van der Waals surface area (Å²) in [6.45, 7) is 4.92. The van der Waals surface area contributed by atoms with E-state index in [1.165, 1.54) is 0 Å². The first-order chi connectivity index (χ1) is 9.41. The Balaban J connectivity index is 2.05. The van der Waals surface area contributed by atoms with E-state index in [1.807, 2.05) is 0 Å². The van der Waals surface area contributed by atoms with Crippen LogP contribution in [0.5, 0.6) is 0 Å². The van der Waals surface area contributed by atoms with E-state index in [-0.39, 0.29) is 6.03 Å². The lowest BCUT2D eigenvalue weighted by molar-refractivity contribution is -0.142. The van der Waals surface area contributed by atoms with Gasteiger partial charge < -0.3 is 15.3 Å². The summed E-state index contributed by atoms with van der Waals surface area (Å²) in [5.74, 6) is -0.869. The number of rotatable bonds is 3. The van der Waals surface area contributed by atoms with E-state index in [0.717, 1.165) is 25.9 Å². The molecular formula is C15H20N2O3. The summed E-state index contributed by atoms with van der Waals surface area (Å²) in [5, 5.41) is 12.0. The number of nitrogens with one attached hydrogen (secondary N) is 1. The van der Waals surface area contributed by atoms with Crippen molar-refractivity contribution in [2.75, 3.05) is 18.4 Å². The van der Waals surface area contributed by atoms with Gasteiger partial charge in [0, 0.05) is 18.8 Å². The van der Waals surface area contributed by atoms with E-state index in [9.17, 15) is 14.7 Å². The molecule has 1 fully saturated rings. The highest BCUT2D eigenvalue weighted by atomic mass is 16.4. The van der Waals surface area contributed by atoms with Crippen LogP contribution in [0.4, 0.5) is 10.5 Å². The van der Waals surface area contributed by atoms with Gasteiger partial charge >= 0.3 is 12.0 Å². The predicted molar refractivity (Wildman–Crippen MR) is 76.9 cm³/mol. The number of aliphatic carboxylic acids is 1. The molecule has 1 saturated heterocycles. The highest BCUT2D eigenvalue weighted by Gasteiger charge is 2.29. The molecule has 1 heterocycles. The van der Waals surface area contributed by atoms with Gasteiger partial charge in [0.1, 0.15) is 0 Å². The summed E-state index contributed by atoms with van der Waals surface area (Å²) >= 11 is 0. The fraction of sp³-hybridized carbons (Fsp3) is 0.467. The standard InChI is InChI=1S/C15H20N2O3/c1-15(2,13(18)19)11-5-7-12(8-6-11)16-14(20)17-9-3-4-10-17/h5-8H,3-4,9-10H2,1-2H3,(H,16,20)(H,18,19). The minimum absolute atomic E-state index is 0.0901. The molecule has 2 N–H and O–H groups in total. The van der Waals surface area contributed by atoms with Crippen LogP contribution in [-0.2, 0) is 10.2 Å². The van der Waals surface area contributed by atoms with Crippen molar-refractivity contribution < 1.29 is 14.7 Å². The molecule has 0 aliphatic carbocycles. The van der Waals surface area contributed by atoms with Crippen molar-refractivity contribution in [1.82, 2.24) is 4.90 Å². The van der Waals surface area contributed by atoms with Crippen LogP contribution in [0.1, 0.15) is 32.3 Å². The van der Waals surface area contributed by atoms with Gasteiger partial charge in [-0.3, -0.25) is 4.79 Å². The molecule has 0 atom stereocenters. The monoisotopic (exact) mass is 276 g/mol. The van der Waals surface area contributed by atoms with Gasteiger partial charge in [0.15, 0.2) is 0 Å². The van der Waals surface area contributed by atoms with Crippen molar-refractivity contribution >= 4 is 17.7 Å². The number of carbonyl (C=O) groups excluding carboxylic acids is 1. The van der Waals surface area contributed by atoms with E-state index < -0.39 is 11.4 Å². The van der Waals surface area contributed by atoms with Gasteiger partial charge in [-0.1, -0.05) is 12.1 Å². The van der Waals surface area contributed by atoms with E-state index in [4.69, 9.17) is 0 Å². The highest BCUT2D eigenvalue weighted by molar-refractivity contribution is 5.89. The number of urea groups is 1. The zero-order valence-electron chi connectivity index (χ0n) is 11.8. The molecule has 0 spiro atoms. The van der Waals surface area contributed by atoms with Gasteiger partial charge in [-0.15, -0.1) is 0 Å². The largest absolute Gasteiger partial charge is 0.481 e. The van der Waals surface area contributed by atoms with Crippen LogP contribution in [0, 0.1) is 0 Å². The van der Waals surface area contributed by atoms with E-state index in [1.54, 1.807) is 43.0 Å². The zero-order valence-corrected chi connectivity index (χ0v) is 11.8. The van der Waals surface area contributed by atoms with Gasteiger partial charge in [0.25, 0.3) is 0 Å². The molecule has 108 valence electrons. The summed E-state index contributed by atoms with van der Waals surface area (Å²) in [6, 6.07) is 6.89. The van der Waals surface area contributed by atoms with Gasteiger partial charge in [0.2, 0.25) is 0 Å². The number of carboxylic acids is 1. The molecule has 1 aliphatic rings. The van der Waals surface area contributed by atoms with Crippen LogP contribution < -0.4 is 5.32 Å². The molecule has 2 amide bonds. The second kappa shape index (κ2) is 5.53. The van der Waals surface area contributed by atoms with Gasteiger partial charge in [-0.05, 0) is 44.4 Å². The lowest BCUT2D eigenvalue weighted by atomic mass is 9.85. The third kappa shape index (κ3) is 2.92. The van der Waals surface area contributed by atoms with Crippen molar-refractivity contribution in [3.63, 3.8) is 0 Å². The average Bonchev–Trinajstić information content (AvgIpc) is 2.93. The van der Waals surface area contributed by atoms with Crippen molar-refractivity contribution in [2.24, 2.45) is 0 Å². The predicted octanol–water partition coefficient (Wildman–Crippen LogP) is 2.68. The first-order valence-corrected chi connectivity index (χ1v) is 6.81. The second-order valence-corrected chi connectivity index (χ2v) is 5.63. The maximum atomic E-state index is 11.9. The van der Waals surface area contributed by atoms with Gasteiger partial charge in [-0.25, -0.2) is 4.79 Å². The van der Waals surface area contributed by atoms with Crippen molar-refractivity contribution in [2.45, 2.75) is 32.1 Å². The van der Waals surface area contributed by atoms with E-state index >= 15 is 0 Å². The summed E-state index contributed by atoms with van der Waals surface area (Å²) in [6.07, 6.45) is 2.11. The maximum Gasteiger partial charge on any atom is 0.321 e. The number of carbonyl (C=O) groups is 2. The SMILES string of the molecule is CC(C)(C(=O)O)c1ccc(NC(=O)N2CCCC2)cc1. The number of benzene rings is 1. The van der Waals surface area contributed by atoms with Gasteiger partial charge in [0.05, 0.1) is 5.41 Å². The van der Waals surface area contributed by atoms with Crippen LogP contribution >= 0.6 is 0 Å². The summed E-state index contributed by atoms with van der Waals surface area (Å²) < 4.78 is 0. The lowest BCUT2D eigenvalue weighted by Gasteiger charge is -2.20. The number of hydrogen-bond donors (Lipinski definition) is 2. The third-order valence-corrected chi connectivity index (χ3v) is 3.79. The Hall–Kier alpha value is -2.04. The Morgan fingerprint density at radius 1 is 1.15 bits per heavy atom. The Bertz CT molecular complexity index is 502. The van der Waals surface area contributed by atoms with E-state index in [0.29, 0.717) is 11.3 Å². The van der Waals surface area contributed by atoms with Crippen molar-refractivity contribution in [1.29, 1.82) is 0 Å². The number of anilines is 1. The molecular weight excluding hydrogens is 256 g/mol. The van der Waals surface area contributed by atoms with Crippen LogP contribution in [0.15, 0.2) is 24.3 Å². The lowest BCUT2D eigenvalue weighted by Crippen LogP contribution is -2.32. The number of carboxylic acid groups (broad SMARTS) is 1. The minimum atomic E-state index is -0.933. The maximum absolute atomic E-state index is 11.9. The van der Waals surface area contributed by atoms with Crippen LogP contribution in [-0.4, -0.2) is 35.1 Å². The van der Waals surface area contributed by atoms with Crippen molar-refractivity contribution in [3.05, 3.63) is 29.8 Å². The average molecular weight is 276 g/mol. The zero-order chi connectivity index (χ0) is 14.8. The summed E-state index contributed by atoms with van der Waals surface area (Å²) in [7, 11) is 0. The molecule has 0 aromatic heterocycles. The Morgan fingerprint density at radius 3 is 2.20 bits per heavy atom. The summed E-state index contributed by atoms with van der Waals surface area (Å²) in [5.41, 5.74) is 0.466. The third-order valence-electron chi connectivity index (χ3n) is 3.79. The molecule has 0 radical (unpaired) electrons. The molecule has 1 aliphatic heterocycles. The fourth-order valence-electron chi connectivity index (χ4n) is 2.22. The molecule has 5 nitrogen and oxygen atoms in total. The molecule has 0 saturated carbocycles. The number of amides is 2. The first-order valence-electron chi connectivity index (χ1n) is 6.81. The van der Waals surface area contributed by atoms with E-state index in [2.05, 4.69) is 5.32 Å². The molecule has 0 bridgehead atoms. The molecule has 1 aromatic carbocycles. The highest BCUT2D eigenvalue weighted by Crippen LogP contribution is 2.25. The summed E-state index contributed by atoms with van der Waals surface area (Å²) in [4.78, 5) is 24.9. The second-order valence-electron chi connectivity index (χ2n) is 5.63. The molecule has 5 heteroatoms. The number of likely N-dealkylation sites (tertiary alicyclic amines) is 1. The van der Waals surface area contributed by atoms with Crippen LogP contribution in [0.3, 0.4) is 0 Å². The Morgan fingerprint density at radius 2 is 1.70 bits per heavy atom. The smallest absolute Gasteiger partial charge is 0.321 e.